The highest BCUT2D eigenvalue weighted by Crippen LogP contribution is 2.26. The second-order valence-corrected chi connectivity index (χ2v) is 7.45. The van der Waals surface area contributed by atoms with Crippen molar-refractivity contribution in [2.45, 2.75) is 32.2 Å². The number of piperidine rings is 1. The van der Waals surface area contributed by atoms with Gasteiger partial charge in [0, 0.05) is 30.1 Å². The predicted octanol–water partition coefficient (Wildman–Crippen LogP) is 4.59. The van der Waals surface area contributed by atoms with Gasteiger partial charge in [-0.05, 0) is 62.7 Å². The van der Waals surface area contributed by atoms with E-state index in [-0.39, 0.29) is 0 Å². The van der Waals surface area contributed by atoms with Crippen LogP contribution in [-0.2, 0) is 0 Å². The number of hydrogen-bond donors (Lipinski definition) is 1. The Labute approximate surface area is 166 Å². The Morgan fingerprint density at radius 1 is 1.07 bits per heavy atom. The fourth-order valence-electron chi connectivity index (χ4n) is 3.89. The molecule has 1 aliphatic rings. The Morgan fingerprint density at radius 3 is 2.68 bits per heavy atom. The molecular formula is C23H28N4O. The number of nitrogens with zero attached hydrogens (tertiary/aromatic N) is 3. The summed E-state index contributed by atoms with van der Waals surface area (Å²) in [6.07, 6.45) is 3.97. The van der Waals surface area contributed by atoms with Gasteiger partial charge in [-0.3, -0.25) is 4.90 Å². The van der Waals surface area contributed by atoms with E-state index in [2.05, 4.69) is 23.2 Å². The number of likely N-dealkylation sites (tertiary alicyclic amines) is 1. The number of aromatic nitrogens is 2. The molecule has 146 valence electrons. The van der Waals surface area contributed by atoms with E-state index in [0.29, 0.717) is 6.04 Å². The van der Waals surface area contributed by atoms with Gasteiger partial charge in [-0.2, -0.15) is 0 Å². The monoisotopic (exact) mass is 376 g/mol. The number of para-hydroxylation sites is 1. The minimum Gasteiger partial charge on any atom is -0.497 e. The minimum atomic E-state index is 0.674. The van der Waals surface area contributed by atoms with Gasteiger partial charge in [0.15, 0.2) is 5.82 Å². The lowest BCUT2D eigenvalue weighted by Gasteiger charge is -2.33. The molecule has 2 heterocycles. The van der Waals surface area contributed by atoms with Crippen LogP contribution in [-0.4, -0.2) is 47.7 Å². The van der Waals surface area contributed by atoms with E-state index in [1.807, 2.05) is 42.5 Å². The van der Waals surface area contributed by atoms with Crippen molar-refractivity contribution in [1.82, 2.24) is 14.9 Å². The molecular weight excluding hydrogens is 348 g/mol. The van der Waals surface area contributed by atoms with E-state index in [9.17, 15) is 0 Å². The average Bonchev–Trinajstić information content (AvgIpc) is 2.75. The molecule has 1 aliphatic heterocycles. The van der Waals surface area contributed by atoms with Gasteiger partial charge >= 0.3 is 0 Å². The number of methoxy groups -OCH3 is 1. The molecule has 28 heavy (non-hydrogen) atoms. The first-order valence-corrected chi connectivity index (χ1v) is 10.1. The topological polar surface area (TPSA) is 50.3 Å². The molecule has 0 saturated carbocycles. The SMILES string of the molecule is COc1ccc(-c2nc(NCCN3CCCC[C@@H]3C)c3ccccc3n2)cc1. The Morgan fingerprint density at radius 2 is 1.89 bits per heavy atom. The highest BCUT2D eigenvalue weighted by atomic mass is 16.5. The van der Waals surface area contributed by atoms with Gasteiger partial charge in [0.1, 0.15) is 11.6 Å². The van der Waals surface area contributed by atoms with Crippen LogP contribution in [0.4, 0.5) is 5.82 Å². The summed E-state index contributed by atoms with van der Waals surface area (Å²) in [4.78, 5) is 12.2. The molecule has 5 heteroatoms. The van der Waals surface area contributed by atoms with Crippen molar-refractivity contribution < 1.29 is 4.74 Å². The molecule has 0 aliphatic carbocycles. The van der Waals surface area contributed by atoms with Crippen LogP contribution in [0, 0.1) is 0 Å². The van der Waals surface area contributed by atoms with Crippen LogP contribution in [0.15, 0.2) is 48.5 Å². The Hall–Kier alpha value is -2.66. The third-order valence-corrected chi connectivity index (χ3v) is 5.58. The molecule has 1 atom stereocenters. The molecule has 0 radical (unpaired) electrons. The first-order valence-electron chi connectivity index (χ1n) is 10.1. The standard InChI is InChI=1S/C23H28N4O/c1-17-7-5-6-15-27(17)16-14-24-23-20-8-3-4-9-21(20)25-22(26-23)18-10-12-19(28-2)13-11-18/h3-4,8-13,17H,5-7,14-16H2,1-2H3,(H,24,25,26)/t17-/m0/s1. The fourth-order valence-corrected chi connectivity index (χ4v) is 3.89. The van der Waals surface area contributed by atoms with Crippen LogP contribution in [0.5, 0.6) is 5.75 Å². The highest BCUT2D eigenvalue weighted by molar-refractivity contribution is 5.90. The Kier molecular flexibility index (Phi) is 5.72. The summed E-state index contributed by atoms with van der Waals surface area (Å²) in [5.74, 6) is 2.47. The molecule has 0 unspecified atom stereocenters. The molecule has 0 amide bonds. The third kappa shape index (κ3) is 4.09. The van der Waals surface area contributed by atoms with E-state index in [1.54, 1.807) is 7.11 Å². The van der Waals surface area contributed by atoms with Crippen molar-refractivity contribution >= 4 is 16.7 Å². The number of rotatable bonds is 6. The quantitative estimate of drug-likeness (QED) is 0.682. The van der Waals surface area contributed by atoms with E-state index in [0.717, 1.165) is 46.9 Å². The predicted molar refractivity (Wildman–Crippen MR) is 115 cm³/mol. The van der Waals surface area contributed by atoms with Crippen LogP contribution >= 0.6 is 0 Å². The highest BCUT2D eigenvalue weighted by Gasteiger charge is 2.17. The maximum absolute atomic E-state index is 5.26. The normalized spacial score (nSPS) is 17.6. The van der Waals surface area contributed by atoms with Crippen LogP contribution in [0.3, 0.4) is 0 Å². The van der Waals surface area contributed by atoms with E-state index >= 15 is 0 Å². The van der Waals surface area contributed by atoms with E-state index < -0.39 is 0 Å². The van der Waals surface area contributed by atoms with Crippen molar-refractivity contribution in [3.8, 4) is 17.1 Å². The summed E-state index contributed by atoms with van der Waals surface area (Å²) < 4.78 is 5.26. The number of benzene rings is 2. The molecule has 0 spiro atoms. The lowest BCUT2D eigenvalue weighted by Crippen LogP contribution is -2.40. The third-order valence-electron chi connectivity index (χ3n) is 5.58. The minimum absolute atomic E-state index is 0.674. The van der Waals surface area contributed by atoms with E-state index in [4.69, 9.17) is 14.7 Å². The summed E-state index contributed by atoms with van der Waals surface area (Å²) in [6.45, 7) is 5.45. The van der Waals surface area contributed by atoms with E-state index in [1.165, 1.54) is 25.8 Å². The molecule has 0 bridgehead atoms. The Balaban J connectivity index is 1.57. The molecule has 1 N–H and O–H groups in total. The molecule has 2 aromatic carbocycles. The second kappa shape index (κ2) is 8.57. The number of fused-ring (bicyclic) bond motifs is 1. The largest absolute Gasteiger partial charge is 0.497 e. The Bertz CT molecular complexity index is 926. The average molecular weight is 377 g/mol. The molecule has 5 nitrogen and oxygen atoms in total. The first-order chi connectivity index (χ1) is 13.7. The van der Waals surface area contributed by atoms with Gasteiger partial charge in [0.05, 0.1) is 12.6 Å². The lowest BCUT2D eigenvalue weighted by atomic mass is 10.0. The van der Waals surface area contributed by atoms with Crippen LogP contribution in [0.25, 0.3) is 22.3 Å². The second-order valence-electron chi connectivity index (χ2n) is 7.45. The van der Waals surface area contributed by atoms with Crippen molar-refractivity contribution in [3.63, 3.8) is 0 Å². The van der Waals surface area contributed by atoms with Crippen molar-refractivity contribution in [2.24, 2.45) is 0 Å². The molecule has 1 saturated heterocycles. The number of nitrogens with one attached hydrogen (secondary N) is 1. The number of ether oxygens (including phenoxy) is 1. The first kappa shape index (κ1) is 18.7. The van der Waals surface area contributed by atoms with Crippen molar-refractivity contribution in [1.29, 1.82) is 0 Å². The number of anilines is 1. The maximum atomic E-state index is 5.26. The van der Waals surface area contributed by atoms with Gasteiger partial charge in [0.2, 0.25) is 0 Å². The zero-order chi connectivity index (χ0) is 19.3. The molecule has 4 rings (SSSR count). The molecule has 1 fully saturated rings. The van der Waals surface area contributed by atoms with Crippen LogP contribution in [0.2, 0.25) is 0 Å². The lowest BCUT2D eigenvalue weighted by molar-refractivity contribution is 0.167. The zero-order valence-corrected chi connectivity index (χ0v) is 16.7. The summed E-state index contributed by atoms with van der Waals surface area (Å²) in [5.41, 5.74) is 1.94. The fraction of sp³-hybridized carbons (Fsp3) is 0.391. The molecule has 3 aromatic rings. The smallest absolute Gasteiger partial charge is 0.162 e. The molecule has 1 aromatic heterocycles. The van der Waals surface area contributed by atoms with Gasteiger partial charge in [-0.15, -0.1) is 0 Å². The van der Waals surface area contributed by atoms with Crippen LogP contribution < -0.4 is 10.1 Å². The van der Waals surface area contributed by atoms with Gasteiger partial charge in [-0.1, -0.05) is 18.6 Å². The van der Waals surface area contributed by atoms with Gasteiger partial charge in [-0.25, -0.2) is 9.97 Å². The number of hydrogen-bond acceptors (Lipinski definition) is 5. The summed E-state index contributed by atoms with van der Waals surface area (Å²) >= 11 is 0. The zero-order valence-electron chi connectivity index (χ0n) is 16.7. The summed E-state index contributed by atoms with van der Waals surface area (Å²) in [7, 11) is 1.67. The van der Waals surface area contributed by atoms with Crippen molar-refractivity contribution in [3.05, 3.63) is 48.5 Å². The van der Waals surface area contributed by atoms with Gasteiger partial charge in [0.25, 0.3) is 0 Å². The summed E-state index contributed by atoms with van der Waals surface area (Å²) in [5, 5.41) is 4.63. The summed E-state index contributed by atoms with van der Waals surface area (Å²) in [6, 6.07) is 16.7. The van der Waals surface area contributed by atoms with Crippen molar-refractivity contribution in [2.75, 3.05) is 32.1 Å². The van der Waals surface area contributed by atoms with Gasteiger partial charge < -0.3 is 10.1 Å². The van der Waals surface area contributed by atoms with Crippen LogP contribution in [0.1, 0.15) is 26.2 Å². The maximum Gasteiger partial charge on any atom is 0.162 e.